The van der Waals surface area contributed by atoms with Gasteiger partial charge in [0, 0.05) is 26.2 Å². The van der Waals surface area contributed by atoms with Gasteiger partial charge in [-0.1, -0.05) is 18.2 Å². The molecule has 0 aliphatic carbocycles. The van der Waals surface area contributed by atoms with E-state index in [0.717, 1.165) is 0 Å². The molecule has 1 unspecified atom stereocenters. The quantitative estimate of drug-likeness (QED) is 0.849. The molecule has 2 amide bonds. The molecule has 3 N–H and O–H groups in total. The summed E-state index contributed by atoms with van der Waals surface area (Å²) in [4.78, 5) is 26.0. The number of rotatable bonds is 4. The fourth-order valence-electron chi connectivity index (χ4n) is 2.22. The number of anilines is 1. The Bertz CT molecular complexity index is 504. The van der Waals surface area contributed by atoms with Crippen LogP contribution < -0.4 is 10.6 Å². The minimum Gasteiger partial charge on any atom is -0.481 e. The third-order valence-corrected chi connectivity index (χ3v) is 3.24. The minimum absolute atomic E-state index is 0.0880. The van der Waals surface area contributed by atoms with Crippen LogP contribution in [0.4, 0.5) is 10.5 Å². The standard InChI is InChI=1S/C13H17N3O3/c1-15-6-7-16(13(15)19)11-5-3-2-4-9(11)10(14)8-12(17)18/h2-5,10H,6-8,14H2,1H3,(H,17,18). The smallest absolute Gasteiger partial charge is 0.324 e. The van der Waals surface area contributed by atoms with E-state index in [0.29, 0.717) is 24.3 Å². The molecular weight excluding hydrogens is 246 g/mol. The number of carbonyl (C=O) groups excluding carboxylic acids is 1. The highest BCUT2D eigenvalue weighted by molar-refractivity contribution is 5.94. The average Bonchev–Trinajstić information content (AvgIpc) is 2.69. The Kier molecular flexibility index (Phi) is 3.71. The molecule has 1 saturated heterocycles. The summed E-state index contributed by atoms with van der Waals surface area (Å²) in [5, 5.41) is 8.83. The third-order valence-electron chi connectivity index (χ3n) is 3.24. The zero-order valence-corrected chi connectivity index (χ0v) is 10.7. The Morgan fingerprint density at radius 3 is 2.68 bits per heavy atom. The maximum absolute atomic E-state index is 12.0. The Hall–Kier alpha value is -2.08. The fourth-order valence-corrected chi connectivity index (χ4v) is 2.22. The van der Waals surface area contributed by atoms with Crippen molar-refractivity contribution in [3.8, 4) is 0 Å². The van der Waals surface area contributed by atoms with Crippen LogP contribution in [0.2, 0.25) is 0 Å². The van der Waals surface area contributed by atoms with E-state index in [1.807, 2.05) is 6.07 Å². The molecule has 1 heterocycles. The highest BCUT2D eigenvalue weighted by atomic mass is 16.4. The molecule has 6 heteroatoms. The molecule has 2 rings (SSSR count). The molecule has 0 radical (unpaired) electrons. The van der Waals surface area contributed by atoms with Gasteiger partial charge in [-0.3, -0.25) is 9.69 Å². The van der Waals surface area contributed by atoms with Crippen molar-refractivity contribution in [2.45, 2.75) is 12.5 Å². The number of carboxylic acid groups (broad SMARTS) is 1. The second kappa shape index (κ2) is 5.27. The number of hydrogen-bond acceptors (Lipinski definition) is 3. The SMILES string of the molecule is CN1CCN(c2ccccc2C(N)CC(=O)O)C1=O. The van der Waals surface area contributed by atoms with Gasteiger partial charge in [0.1, 0.15) is 0 Å². The van der Waals surface area contributed by atoms with E-state index in [4.69, 9.17) is 10.8 Å². The first-order valence-electron chi connectivity index (χ1n) is 6.09. The van der Waals surface area contributed by atoms with Gasteiger partial charge in [0.2, 0.25) is 0 Å². The van der Waals surface area contributed by atoms with Crippen LogP contribution in [0.25, 0.3) is 0 Å². The van der Waals surface area contributed by atoms with E-state index >= 15 is 0 Å². The molecule has 1 fully saturated rings. The lowest BCUT2D eigenvalue weighted by Crippen LogP contribution is -2.31. The van der Waals surface area contributed by atoms with Gasteiger partial charge in [-0.05, 0) is 11.6 Å². The Balaban J connectivity index is 2.31. The normalized spacial score (nSPS) is 16.8. The average molecular weight is 263 g/mol. The summed E-state index contributed by atoms with van der Waals surface area (Å²) >= 11 is 0. The molecule has 0 saturated carbocycles. The number of aliphatic carboxylic acids is 1. The molecule has 1 aromatic rings. The molecule has 1 aliphatic rings. The van der Waals surface area contributed by atoms with E-state index in [-0.39, 0.29) is 12.5 Å². The van der Waals surface area contributed by atoms with Gasteiger partial charge in [-0.25, -0.2) is 4.79 Å². The number of benzene rings is 1. The maximum Gasteiger partial charge on any atom is 0.324 e. The number of hydrogen-bond donors (Lipinski definition) is 2. The molecule has 1 atom stereocenters. The van der Waals surface area contributed by atoms with Crippen molar-refractivity contribution in [2.24, 2.45) is 5.73 Å². The number of nitrogens with two attached hydrogens (primary N) is 1. The van der Waals surface area contributed by atoms with Crippen LogP contribution in [0.3, 0.4) is 0 Å². The summed E-state index contributed by atoms with van der Waals surface area (Å²) in [6.45, 7) is 1.24. The molecule has 0 spiro atoms. The first-order valence-corrected chi connectivity index (χ1v) is 6.09. The van der Waals surface area contributed by atoms with Gasteiger partial charge in [-0.15, -0.1) is 0 Å². The van der Waals surface area contributed by atoms with Crippen molar-refractivity contribution in [1.82, 2.24) is 4.90 Å². The van der Waals surface area contributed by atoms with Gasteiger partial charge in [0.05, 0.1) is 12.1 Å². The molecule has 19 heavy (non-hydrogen) atoms. The summed E-state index contributed by atoms with van der Waals surface area (Å²) in [5.74, 6) is -0.952. The third kappa shape index (κ3) is 2.68. The highest BCUT2D eigenvalue weighted by Crippen LogP contribution is 2.29. The molecule has 1 aliphatic heterocycles. The second-order valence-corrected chi connectivity index (χ2v) is 4.62. The Morgan fingerprint density at radius 1 is 1.42 bits per heavy atom. The lowest BCUT2D eigenvalue weighted by atomic mass is 10.0. The van der Waals surface area contributed by atoms with Crippen LogP contribution in [-0.2, 0) is 4.79 Å². The molecule has 6 nitrogen and oxygen atoms in total. The van der Waals surface area contributed by atoms with E-state index in [1.165, 1.54) is 0 Å². The van der Waals surface area contributed by atoms with E-state index in [2.05, 4.69) is 0 Å². The number of carbonyl (C=O) groups is 2. The van der Waals surface area contributed by atoms with Gasteiger partial charge in [0.25, 0.3) is 0 Å². The number of amides is 2. The predicted octanol–water partition coefficient (Wildman–Crippen LogP) is 1.03. The number of para-hydroxylation sites is 1. The topological polar surface area (TPSA) is 86.9 Å². The highest BCUT2D eigenvalue weighted by Gasteiger charge is 2.29. The van der Waals surface area contributed by atoms with Crippen LogP contribution in [-0.4, -0.2) is 42.1 Å². The molecule has 1 aromatic carbocycles. The maximum atomic E-state index is 12.0. The first-order chi connectivity index (χ1) is 9.00. The van der Waals surface area contributed by atoms with Gasteiger partial charge >= 0.3 is 12.0 Å². The van der Waals surface area contributed by atoms with E-state index in [1.54, 1.807) is 35.0 Å². The van der Waals surface area contributed by atoms with Crippen molar-refractivity contribution < 1.29 is 14.7 Å². The summed E-state index contributed by atoms with van der Waals surface area (Å²) in [6, 6.07) is 6.48. The molecule has 0 aromatic heterocycles. The van der Waals surface area contributed by atoms with Crippen molar-refractivity contribution in [2.75, 3.05) is 25.0 Å². The van der Waals surface area contributed by atoms with Crippen LogP contribution in [0.15, 0.2) is 24.3 Å². The molecular formula is C13H17N3O3. The summed E-state index contributed by atoms with van der Waals surface area (Å²) in [5.41, 5.74) is 7.30. The fraction of sp³-hybridized carbons (Fsp3) is 0.385. The molecule has 102 valence electrons. The molecule has 0 bridgehead atoms. The zero-order valence-electron chi connectivity index (χ0n) is 10.7. The Labute approximate surface area is 111 Å². The second-order valence-electron chi connectivity index (χ2n) is 4.62. The van der Waals surface area contributed by atoms with E-state index < -0.39 is 12.0 Å². The number of urea groups is 1. The number of nitrogens with zero attached hydrogens (tertiary/aromatic N) is 2. The van der Waals surface area contributed by atoms with Gasteiger partial charge in [0.15, 0.2) is 0 Å². The summed E-state index contributed by atoms with van der Waals surface area (Å²) in [7, 11) is 1.74. The monoisotopic (exact) mass is 263 g/mol. The van der Waals surface area contributed by atoms with Crippen LogP contribution >= 0.6 is 0 Å². The lowest BCUT2D eigenvalue weighted by molar-refractivity contribution is -0.137. The van der Waals surface area contributed by atoms with Gasteiger partial charge < -0.3 is 15.7 Å². The summed E-state index contributed by atoms with van der Waals surface area (Å²) < 4.78 is 0. The van der Waals surface area contributed by atoms with Crippen molar-refractivity contribution in [1.29, 1.82) is 0 Å². The minimum atomic E-state index is -0.952. The predicted molar refractivity (Wildman–Crippen MR) is 71.0 cm³/mol. The summed E-state index contributed by atoms with van der Waals surface area (Å²) in [6.07, 6.45) is -0.158. The number of carboxylic acids is 1. The van der Waals surface area contributed by atoms with Crippen LogP contribution in [0.5, 0.6) is 0 Å². The zero-order chi connectivity index (χ0) is 14.0. The van der Waals surface area contributed by atoms with E-state index in [9.17, 15) is 9.59 Å². The van der Waals surface area contributed by atoms with Gasteiger partial charge in [-0.2, -0.15) is 0 Å². The lowest BCUT2D eigenvalue weighted by Gasteiger charge is -2.22. The Morgan fingerprint density at radius 2 is 2.11 bits per heavy atom. The van der Waals surface area contributed by atoms with Crippen molar-refractivity contribution in [3.63, 3.8) is 0 Å². The first kappa shape index (κ1) is 13.4. The van der Waals surface area contributed by atoms with Crippen LogP contribution in [0.1, 0.15) is 18.0 Å². The van der Waals surface area contributed by atoms with Crippen molar-refractivity contribution >= 4 is 17.7 Å². The number of likely N-dealkylation sites (N-methyl/N-ethyl adjacent to an activating group) is 1. The van der Waals surface area contributed by atoms with Crippen molar-refractivity contribution in [3.05, 3.63) is 29.8 Å². The largest absolute Gasteiger partial charge is 0.481 e. The van der Waals surface area contributed by atoms with Crippen LogP contribution in [0, 0.1) is 0 Å².